The topological polar surface area (TPSA) is 107 Å². The molecule has 172 valence electrons. The van der Waals surface area contributed by atoms with Gasteiger partial charge in [0.1, 0.15) is 17.5 Å². The number of furan rings is 1. The molecule has 1 aromatic carbocycles. The van der Waals surface area contributed by atoms with Gasteiger partial charge in [-0.25, -0.2) is 18.4 Å². The van der Waals surface area contributed by atoms with Crippen molar-refractivity contribution in [1.29, 1.82) is 0 Å². The Balaban J connectivity index is 1.68. The molecule has 4 aromatic rings. The monoisotopic (exact) mass is 490 g/mol. The Morgan fingerprint density at radius 2 is 1.67 bits per heavy atom. The molecule has 0 saturated heterocycles. The maximum atomic E-state index is 12.8. The molecule has 0 aliphatic carbocycles. The molecule has 0 amide bonds. The van der Waals surface area contributed by atoms with Crippen molar-refractivity contribution in [2.75, 3.05) is 0 Å². The highest BCUT2D eigenvalue weighted by Gasteiger charge is 2.46. The van der Waals surface area contributed by atoms with Crippen molar-refractivity contribution in [3.63, 3.8) is 0 Å². The van der Waals surface area contributed by atoms with Crippen LogP contribution >= 0.6 is 0 Å². The molecule has 0 atom stereocenters. The van der Waals surface area contributed by atoms with Gasteiger partial charge in [-0.1, -0.05) is 12.1 Å². The van der Waals surface area contributed by atoms with E-state index in [9.17, 15) is 39.6 Å². The normalized spacial score (nSPS) is 13.4. The number of hydrogen-bond acceptors (Lipinski definition) is 7. The zero-order chi connectivity index (χ0) is 24.2. The Morgan fingerprint density at radius 1 is 1.00 bits per heavy atom. The van der Waals surface area contributed by atoms with Crippen LogP contribution in [0.25, 0.3) is 22.2 Å². The zero-order valence-electron chi connectivity index (χ0n) is 15.7. The van der Waals surface area contributed by atoms with Crippen LogP contribution < -0.4 is 5.56 Å². The number of hydrogen-bond donors (Lipinski definition) is 0. The molecule has 0 aliphatic rings. The predicted molar refractivity (Wildman–Crippen MR) is 101 cm³/mol. The van der Waals surface area contributed by atoms with Crippen LogP contribution in [0.1, 0.15) is 11.3 Å². The van der Waals surface area contributed by atoms with E-state index in [2.05, 4.69) is 15.1 Å². The summed E-state index contributed by atoms with van der Waals surface area (Å²) in [6.45, 7) is 0. The predicted octanol–water partition coefficient (Wildman–Crippen LogP) is 3.73. The molecule has 0 bridgehead atoms. The molecule has 0 saturated carbocycles. The molecule has 15 heteroatoms. The summed E-state index contributed by atoms with van der Waals surface area (Å²) in [6.07, 6.45) is -2.74. The van der Waals surface area contributed by atoms with Gasteiger partial charge in [-0.15, -0.1) is 0 Å². The Morgan fingerprint density at radius 3 is 2.27 bits per heavy atom. The van der Waals surface area contributed by atoms with Gasteiger partial charge in [0.05, 0.1) is 16.5 Å². The molecule has 3 aromatic heterocycles. The van der Waals surface area contributed by atoms with Crippen LogP contribution in [0.15, 0.2) is 61.9 Å². The number of sulfone groups is 1. The fraction of sp³-hybridized carbons (Fsp3) is 0.111. The highest BCUT2D eigenvalue weighted by Crippen LogP contribution is 2.32. The number of pyridine rings is 1. The Labute approximate surface area is 178 Å². The quantitative estimate of drug-likeness (QED) is 0.320. The molecular weight excluding hydrogens is 482 g/mol. The van der Waals surface area contributed by atoms with Crippen LogP contribution in [0.4, 0.5) is 26.3 Å². The fourth-order valence-electron chi connectivity index (χ4n) is 2.74. The van der Waals surface area contributed by atoms with Gasteiger partial charge in [0, 0.05) is 0 Å². The maximum Gasteiger partial charge on any atom is 0.501 e. The minimum absolute atomic E-state index is 0.0376. The van der Waals surface area contributed by atoms with E-state index >= 15 is 0 Å². The van der Waals surface area contributed by atoms with Crippen LogP contribution in [0.2, 0.25) is 0 Å². The molecule has 0 aliphatic heterocycles. The summed E-state index contributed by atoms with van der Waals surface area (Å²) in [4.78, 5) is 18.9. The lowest BCUT2D eigenvalue weighted by atomic mass is 10.2. The SMILES string of the molecule is O=c1c2oc3nc(C(F)(F)F)ccc3c2ncn1/N=C/c1ccc(S(=O)(=O)C(F)(F)F)cc1. The smallest absolute Gasteiger partial charge is 0.430 e. The minimum Gasteiger partial charge on any atom is -0.430 e. The largest absolute Gasteiger partial charge is 0.501 e. The van der Waals surface area contributed by atoms with Crippen molar-refractivity contribution >= 4 is 38.3 Å². The summed E-state index contributed by atoms with van der Waals surface area (Å²) >= 11 is 0. The molecule has 0 radical (unpaired) electrons. The summed E-state index contributed by atoms with van der Waals surface area (Å²) < 4.78 is 105. The molecule has 0 fully saturated rings. The molecule has 0 spiro atoms. The van der Waals surface area contributed by atoms with Gasteiger partial charge in [-0.3, -0.25) is 4.79 Å². The van der Waals surface area contributed by atoms with Gasteiger partial charge in [0.25, 0.3) is 9.84 Å². The van der Waals surface area contributed by atoms with E-state index in [4.69, 9.17) is 4.42 Å². The number of fused-ring (bicyclic) bond motifs is 3. The van der Waals surface area contributed by atoms with E-state index in [0.29, 0.717) is 10.7 Å². The first kappa shape index (κ1) is 22.4. The van der Waals surface area contributed by atoms with Crippen LogP contribution in [-0.2, 0) is 16.0 Å². The van der Waals surface area contributed by atoms with E-state index in [1.54, 1.807) is 0 Å². The van der Waals surface area contributed by atoms with Crippen LogP contribution in [0.5, 0.6) is 0 Å². The zero-order valence-corrected chi connectivity index (χ0v) is 16.5. The lowest BCUT2D eigenvalue weighted by molar-refractivity contribution is -0.141. The Hall–Kier alpha value is -3.75. The molecule has 0 unspecified atom stereocenters. The number of nitrogens with zero attached hydrogens (tertiary/aromatic N) is 4. The summed E-state index contributed by atoms with van der Waals surface area (Å²) in [5.74, 6) is 0. The first-order chi connectivity index (χ1) is 15.3. The van der Waals surface area contributed by atoms with E-state index in [1.165, 1.54) is 0 Å². The second-order valence-corrected chi connectivity index (χ2v) is 8.43. The summed E-state index contributed by atoms with van der Waals surface area (Å²) in [5, 5.41) is 3.85. The minimum atomic E-state index is -5.51. The van der Waals surface area contributed by atoms with Crippen molar-refractivity contribution in [3.05, 3.63) is 64.3 Å². The lowest BCUT2D eigenvalue weighted by Crippen LogP contribution is -2.23. The number of aromatic nitrogens is 3. The van der Waals surface area contributed by atoms with Crippen LogP contribution in [-0.4, -0.2) is 34.8 Å². The number of alkyl halides is 6. The second-order valence-electron chi connectivity index (χ2n) is 6.48. The molecule has 4 rings (SSSR count). The Kier molecular flexibility index (Phi) is 5.03. The van der Waals surface area contributed by atoms with Crippen molar-refractivity contribution in [1.82, 2.24) is 14.6 Å². The average molecular weight is 490 g/mol. The van der Waals surface area contributed by atoms with Crippen molar-refractivity contribution in [2.24, 2.45) is 5.10 Å². The second kappa shape index (κ2) is 7.40. The van der Waals surface area contributed by atoms with Crippen molar-refractivity contribution in [2.45, 2.75) is 16.6 Å². The summed E-state index contributed by atoms with van der Waals surface area (Å²) in [6, 6.07) is 5.28. The van der Waals surface area contributed by atoms with Gasteiger partial charge < -0.3 is 4.42 Å². The van der Waals surface area contributed by atoms with Gasteiger partial charge >= 0.3 is 17.2 Å². The molecule has 0 N–H and O–H groups in total. The third kappa shape index (κ3) is 3.94. The first-order valence-corrected chi connectivity index (χ1v) is 10.1. The van der Waals surface area contributed by atoms with Crippen LogP contribution in [0, 0.1) is 0 Å². The van der Waals surface area contributed by atoms with E-state index in [-0.39, 0.29) is 16.5 Å². The van der Waals surface area contributed by atoms with E-state index in [0.717, 1.165) is 42.9 Å². The molecule has 3 heterocycles. The highest BCUT2D eigenvalue weighted by molar-refractivity contribution is 7.92. The molecular formula is C18H8F6N4O4S. The maximum absolute atomic E-state index is 12.8. The fourth-order valence-corrected chi connectivity index (χ4v) is 3.51. The van der Waals surface area contributed by atoms with Gasteiger partial charge in [0.2, 0.25) is 11.3 Å². The third-order valence-electron chi connectivity index (χ3n) is 4.34. The third-order valence-corrected chi connectivity index (χ3v) is 5.85. The molecule has 33 heavy (non-hydrogen) atoms. The van der Waals surface area contributed by atoms with E-state index < -0.39 is 49.0 Å². The van der Waals surface area contributed by atoms with Crippen molar-refractivity contribution < 1.29 is 39.2 Å². The summed E-state index contributed by atoms with van der Waals surface area (Å²) in [5.41, 5.74) is -8.33. The first-order valence-electron chi connectivity index (χ1n) is 8.63. The standard InChI is InChI=1S/C18H8F6N4O4S/c19-17(20,21)12-6-5-11-13-14(32-15(11)27-12)16(29)28(8-25-13)26-7-9-1-3-10(4-2-9)33(30,31)18(22,23)24/h1-8H/b26-7+. The van der Waals surface area contributed by atoms with E-state index in [1.807, 2.05) is 0 Å². The highest BCUT2D eigenvalue weighted by atomic mass is 32.2. The number of rotatable bonds is 3. The lowest BCUT2D eigenvalue weighted by Gasteiger charge is -2.07. The summed E-state index contributed by atoms with van der Waals surface area (Å²) in [7, 11) is -5.51. The Bertz CT molecular complexity index is 1570. The number of benzene rings is 1. The number of halogens is 6. The van der Waals surface area contributed by atoms with Gasteiger partial charge in [-0.2, -0.15) is 36.1 Å². The van der Waals surface area contributed by atoms with Gasteiger partial charge in [0.15, 0.2) is 0 Å². The average Bonchev–Trinajstić information content (AvgIpc) is 3.11. The molecule has 8 nitrogen and oxygen atoms in total. The van der Waals surface area contributed by atoms with Crippen LogP contribution in [0.3, 0.4) is 0 Å². The van der Waals surface area contributed by atoms with Crippen molar-refractivity contribution in [3.8, 4) is 0 Å². The van der Waals surface area contributed by atoms with Gasteiger partial charge in [-0.05, 0) is 29.8 Å².